The molecule has 1 heterocycles. The zero-order chi connectivity index (χ0) is 18.9. The first-order valence-corrected chi connectivity index (χ1v) is 10.1. The number of nitrogens with zero attached hydrogens (tertiary/aromatic N) is 1. The third-order valence-electron chi connectivity index (χ3n) is 4.25. The largest absolute Gasteiger partial charge is 0.476 e. The van der Waals surface area contributed by atoms with Gasteiger partial charge in [0, 0.05) is 10.7 Å². The zero-order valence-corrected chi connectivity index (χ0v) is 16.0. The van der Waals surface area contributed by atoms with Crippen LogP contribution in [0.15, 0.2) is 42.5 Å². The predicted octanol–water partition coefficient (Wildman–Crippen LogP) is 3.20. The topological polar surface area (TPSA) is 75.7 Å². The smallest absolute Gasteiger partial charge is 0.267 e. The monoisotopic (exact) mass is 394 g/mol. The standard InChI is InChI=1S/C18H19ClN2O4S/c1-3-26(23,24)21-11-17(25-16-10-5-4-9-15(16)21)18(22)20-14-8-6-7-13(19)12(14)2/h4-10,17H,3,11H2,1-2H3,(H,20,22). The number of hydrogen-bond acceptors (Lipinski definition) is 4. The van der Waals surface area contributed by atoms with E-state index < -0.39 is 22.0 Å². The number of para-hydroxylation sites is 2. The van der Waals surface area contributed by atoms with E-state index in [9.17, 15) is 13.2 Å². The number of hydrogen-bond donors (Lipinski definition) is 1. The van der Waals surface area contributed by atoms with E-state index in [2.05, 4.69) is 5.32 Å². The lowest BCUT2D eigenvalue weighted by Crippen LogP contribution is -2.49. The Hall–Kier alpha value is -2.25. The Bertz CT molecular complexity index is 946. The minimum atomic E-state index is -3.54. The van der Waals surface area contributed by atoms with Crippen LogP contribution in [-0.4, -0.2) is 32.7 Å². The van der Waals surface area contributed by atoms with Crippen LogP contribution in [-0.2, 0) is 14.8 Å². The second-order valence-corrected chi connectivity index (χ2v) is 8.50. The zero-order valence-electron chi connectivity index (χ0n) is 14.4. The van der Waals surface area contributed by atoms with Gasteiger partial charge in [-0.25, -0.2) is 8.42 Å². The first kappa shape index (κ1) is 18.5. The van der Waals surface area contributed by atoms with Crippen molar-refractivity contribution in [2.75, 3.05) is 21.9 Å². The molecule has 0 bridgehead atoms. The summed E-state index contributed by atoms with van der Waals surface area (Å²) in [4.78, 5) is 12.7. The van der Waals surface area contributed by atoms with Gasteiger partial charge in [-0.3, -0.25) is 9.10 Å². The molecule has 1 aliphatic heterocycles. The molecule has 138 valence electrons. The molecule has 0 spiro atoms. The number of halogens is 1. The molecule has 1 unspecified atom stereocenters. The molecule has 2 aromatic carbocycles. The Balaban J connectivity index is 1.90. The minimum absolute atomic E-state index is 0.0664. The quantitative estimate of drug-likeness (QED) is 0.863. The van der Waals surface area contributed by atoms with E-state index in [4.69, 9.17) is 16.3 Å². The van der Waals surface area contributed by atoms with Crippen molar-refractivity contribution < 1.29 is 17.9 Å². The van der Waals surface area contributed by atoms with Crippen molar-refractivity contribution in [3.63, 3.8) is 0 Å². The van der Waals surface area contributed by atoms with Crippen LogP contribution in [0.3, 0.4) is 0 Å². The molecule has 1 amide bonds. The summed E-state index contributed by atoms with van der Waals surface area (Å²) in [6.45, 7) is 3.28. The van der Waals surface area contributed by atoms with Crippen molar-refractivity contribution in [3.8, 4) is 5.75 Å². The lowest BCUT2D eigenvalue weighted by molar-refractivity contribution is -0.122. The number of ether oxygens (including phenoxy) is 1. The molecule has 0 saturated heterocycles. The molecule has 0 fully saturated rings. The highest BCUT2D eigenvalue weighted by atomic mass is 35.5. The fourth-order valence-corrected chi connectivity index (χ4v) is 4.01. The SMILES string of the molecule is CCS(=O)(=O)N1CC(C(=O)Nc2cccc(Cl)c2C)Oc2ccccc21. The summed E-state index contributed by atoms with van der Waals surface area (Å²) < 4.78 is 31.9. The maximum atomic E-state index is 12.7. The second-order valence-electron chi connectivity index (χ2n) is 5.91. The predicted molar refractivity (Wildman–Crippen MR) is 102 cm³/mol. The summed E-state index contributed by atoms with van der Waals surface area (Å²) in [5.41, 5.74) is 1.74. The van der Waals surface area contributed by atoms with Gasteiger partial charge in [-0.15, -0.1) is 0 Å². The average molecular weight is 395 g/mol. The van der Waals surface area contributed by atoms with Crippen LogP contribution < -0.4 is 14.4 Å². The van der Waals surface area contributed by atoms with Crippen molar-refractivity contribution in [1.29, 1.82) is 0 Å². The lowest BCUT2D eigenvalue weighted by atomic mass is 10.1. The number of carbonyl (C=O) groups is 1. The molecular weight excluding hydrogens is 376 g/mol. The number of sulfonamides is 1. The van der Waals surface area contributed by atoms with Crippen LogP contribution in [0.2, 0.25) is 5.02 Å². The number of amides is 1. The molecule has 0 aromatic heterocycles. The van der Waals surface area contributed by atoms with Gasteiger partial charge in [0.2, 0.25) is 10.0 Å². The van der Waals surface area contributed by atoms with Crippen molar-refractivity contribution in [3.05, 3.63) is 53.1 Å². The van der Waals surface area contributed by atoms with E-state index >= 15 is 0 Å². The second kappa shape index (κ2) is 7.17. The van der Waals surface area contributed by atoms with E-state index in [1.54, 1.807) is 56.3 Å². The minimum Gasteiger partial charge on any atom is -0.476 e. The normalized spacial score (nSPS) is 16.6. The highest BCUT2D eigenvalue weighted by Gasteiger charge is 2.36. The summed E-state index contributed by atoms with van der Waals surface area (Å²) in [5, 5.41) is 3.31. The van der Waals surface area contributed by atoms with Crippen LogP contribution in [0.5, 0.6) is 5.75 Å². The first-order chi connectivity index (χ1) is 12.3. The van der Waals surface area contributed by atoms with Gasteiger partial charge in [-0.2, -0.15) is 0 Å². The Labute approximate surface area is 157 Å². The molecule has 26 heavy (non-hydrogen) atoms. The van der Waals surface area contributed by atoms with Crippen molar-refractivity contribution in [2.45, 2.75) is 20.0 Å². The van der Waals surface area contributed by atoms with E-state index in [-0.39, 0.29) is 12.3 Å². The van der Waals surface area contributed by atoms with Crippen molar-refractivity contribution in [1.82, 2.24) is 0 Å². The molecule has 8 heteroatoms. The van der Waals surface area contributed by atoms with Gasteiger partial charge in [-0.05, 0) is 43.7 Å². The molecule has 0 saturated carbocycles. The van der Waals surface area contributed by atoms with Gasteiger partial charge < -0.3 is 10.1 Å². The molecular formula is C18H19ClN2O4S. The molecule has 0 radical (unpaired) electrons. The third kappa shape index (κ3) is 3.50. The molecule has 0 aliphatic carbocycles. The number of carbonyl (C=O) groups excluding carboxylic acids is 1. The molecule has 1 atom stereocenters. The Morgan fingerprint density at radius 3 is 2.73 bits per heavy atom. The fraction of sp³-hybridized carbons (Fsp3) is 0.278. The highest BCUT2D eigenvalue weighted by Crippen LogP contribution is 2.35. The third-order valence-corrected chi connectivity index (χ3v) is 6.41. The fourth-order valence-electron chi connectivity index (χ4n) is 2.71. The molecule has 2 aromatic rings. The number of nitrogens with one attached hydrogen (secondary N) is 1. The van der Waals surface area contributed by atoms with E-state index in [1.165, 1.54) is 4.31 Å². The summed E-state index contributed by atoms with van der Waals surface area (Å²) in [6.07, 6.45) is -0.968. The summed E-state index contributed by atoms with van der Waals surface area (Å²) in [6, 6.07) is 12.0. The van der Waals surface area contributed by atoms with Gasteiger partial charge in [-0.1, -0.05) is 29.8 Å². The van der Waals surface area contributed by atoms with E-state index in [0.29, 0.717) is 22.1 Å². The first-order valence-electron chi connectivity index (χ1n) is 8.15. The molecule has 1 N–H and O–H groups in total. The Kier molecular flexibility index (Phi) is 5.11. The van der Waals surface area contributed by atoms with Crippen molar-refractivity contribution >= 4 is 38.9 Å². The van der Waals surface area contributed by atoms with Gasteiger partial charge in [0.05, 0.1) is 18.0 Å². The van der Waals surface area contributed by atoms with Gasteiger partial charge in [0.1, 0.15) is 5.75 Å². The lowest BCUT2D eigenvalue weighted by Gasteiger charge is -2.34. The number of rotatable bonds is 4. The molecule has 1 aliphatic rings. The van der Waals surface area contributed by atoms with Crippen LogP contribution in [0.25, 0.3) is 0 Å². The summed E-state index contributed by atoms with van der Waals surface area (Å²) in [5.74, 6) is -0.136. The van der Waals surface area contributed by atoms with Crippen LogP contribution in [0.4, 0.5) is 11.4 Å². The van der Waals surface area contributed by atoms with E-state index in [1.807, 2.05) is 0 Å². The molecule has 3 rings (SSSR count). The average Bonchev–Trinajstić information content (AvgIpc) is 2.64. The summed E-state index contributed by atoms with van der Waals surface area (Å²) >= 11 is 6.08. The van der Waals surface area contributed by atoms with Crippen LogP contribution >= 0.6 is 11.6 Å². The highest BCUT2D eigenvalue weighted by molar-refractivity contribution is 7.92. The van der Waals surface area contributed by atoms with Gasteiger partial charge in [0.25, 0.3) is 5.91 Å². The Morgan fingerprint density at radius 2 is 2.00 bits per heavy atom. The van der Waals surface area contributed by atoms with Crippen LogP contribution in [0.1, 0.15) is 12.5 Å². The number of anilines is 2. The van der Waals surface area contributed by atoms with Crippen molar-refractivity contribution in [2.24, 2.45) is 0 Å². The summed E-state index contributed by atoms with van der Waals surface area (Å²) in [7, 11) is -3.54. The van der Waals surface area contributed by atoms with Crippen LogP contribution in [0, 0.1) is 6.92 Å². The van der Waals surface area contributed by atoms with E-state index in [0.717, 1.165) is 5.56 Å². The maximum Gasteiger partial charge on any atom is 0.267 e. The maximum absolute atomic E-state index is 12.7. The van der Waals surface area contributed by atoms with Gasteiger partial charge in [0.15, 0.2) is 6.10 Å². The number of benzene rings is 2. The van der Waals surface area contributed by atoms with Gasteiger partial charge >= 0.3 is 0 Å². The Morgan fingerprint density at radius 1 is 1.27 bits per heavy atom. The molecule has 6 nitrogen and oxygen atoms in total. The number of fused-ring (bicyclic) bond motifs is 1.